The van der Waals surface area contributed by atoms with Gasteiger partial charge in [0.05, 0.1) is 5.69 Å². The smallest absolute Gasteiger partial charge is 0.230 e. The van der Waals surface area contributed by atoms with Gasteiger partial charge in [-0.15, -0.1) is 0 Å². The standard InChI is InChI=1S/C26H28N2O3/c1-19-23(13-16-28-14-5-6-15-28)27-26(31-19)22-11-9-21(10-12-22)25-24(29-18-30-25)17-20-7-3-2-4-8-20/h2-4,7-12H,5-6,13-18H2,1H3. The molecule has 2 aromatic carbocycles. The van der Waals surface area contributed by atoms with Crippen molar-refractivity contribution >= 4 is 5.76 Å². The van der Waals surface area contributed by atoms with Crippen LogP contribution in [0.5, 0.6) is 0 Å². The molecule has 0 spiro atoms. The maximum Gasteiger partial charge on any atom is 0.230 e. The monoisotopic (exact) mass is 416 g/mol. The highest BCUT2D eigenvalue weighted by Crippen LogP contribution is 2.31. The zero-order chi connectivity index (χ0) is 21.0. The van der Waals surface area contributed by atoms with Crippen molar-refractivity contribution in [2.24, 2.45) is 0 Å². The Bertz CT molecular complexity index is 1050. The summed E-state index contributed by atoms with van der Waals surface area (Å²) < 4.78 is 17.5. The molecule has 0 amide bonds. The number of rotatable bonds is 7. The fourth-order valence-corrected chi connectivity index (χ4v) is 4.28. The molecule has 160 valence electrons. The quantitative estimate of drug-likeness (QED) is 0.530. The summed E-state index contributed by atoms with van der Waals surface area (Å²) in [6.07, 6.45) is 4.28. The summed E-state index contributed by atoms with van der Waals surface area (Å²) in [6.45, 7) is 5.74. The molecule has 1 fully saturated rings. The molecular weight excluding hydrogens is 388 g/mol. The second-order valence-electron chi connectivity index (χ2n) is 8.22. The molecule has 0 N–H and O–H groups in total. The van der Waals surface area contributed by atoms with Gasteiger partial charge in [-0.2, -0.15) is 0 Å². The van der Waals surface area contributed by atoms with E-state index in [1.807, 2.05) is 49.4 Å². The number of allylic oxidation sites excluding steroid dienone is 1. The number of nitrogens with zero attached hydrogens (tertiary/aromatic N) is 2. The van der Waals surface area contributed by atoms with E-state index in [-0.39, 0.29) is 6.79 Å². The lowest BCUT2D eigenvalue weighted by atomic mass is 10.1. The third-order valence-corrected chi connectivity index (χ3v) is 6.05. The Labute approximate surface area is 183 Å². The Morgan fingerprint density at radius 3 is 2.42 bits per heavy atom. The molecule has 1 aromatic heterocycles. The summed E-state index contributed by atoms with van der Waals surface area (Å²) in [4.78, 5) is 7.28. The SMILES string of the molecule is Cc1oc(-c2ccc(C3=C(Cc4ccccc4)OCO3)cc2)nc1CCN1CCCC1. The van der Waals surface area contributed by atoms with Crippen LogP contribution in [0.1, 0.15) is 35.4 Å². The molecule has 0 unspecified atom stereocenters. The molecule has 2 aliphatic rings. The number of aryl methyl sites for hydroxylation is 1. The van der Waals surface area contributed by atoms with E-state index < -0.39 is 0 Å². The number of benzene rings is 2. The van der Waals surface area contributed by atoms with E-state index in [0.717, 1.165) is 53.5 Å². The van der Waals surface area contributed by atoms with Crippen molar-refractivity contribution in [1.29, 1.82) is 0 Å². The predicted octanol–water partition coefficient (Wildman–Crippen LogP) is 5.20. The van der Waals surface area contributed by atoms with E-state index >= 15 is 0 Å². The van der Waals surface area contributed by atoms with Gasteiger partial charge in [0.2, 0.25) is 12.7 Å². The summed E-state index contributed by atoms with van der Waals surface area (Å²) in [6, 6.07) is 18.5. The molecule has 0 atom stereocenters. The van der Waals surface area contributed by atoms with Crippen molar-refractivity contribution in [1.82, 2.24) is 9.88 Å². The molecule has 0 saturated carbocycles. The molecule has 0 radical (unpaired) electrons. The van der Waals surface area contributed by atoms with Gasteiger partial charge in [0, 0.05) is 30.5 Å². The molecule has 1 saturated heterocycles. The van der Waals surface area contributed by atoms with Crippen LogP contribution in [0.3, 0.4) is 0 Å². The molecule has 0 bridgehead atoms. The van der Waals surface area contributed by atoms with Crippen molar-refractivity contribution in [3.63, 3.8) is 0 Å². The van der Waals surface area contributed by atoms with Gasteiger partial charge in [-0.25, -0.2) is 4.98 Å². The molecule has 5 nitrogen and oxygen atoms in total. The normalized spacial score (nSPS) is 16.5. The van der Waals surface area contributed by atoms with Gasteiger partial charge >= 0.3 is 0 Å². The summed E-state index contributed by atoms with van der Waals surface area (Å²) in [7, 11) is 0. The van der Waals surface area contributed by atoms with Crippen LogP contribution >= 0.6 is 0 Å². The molecule has 3 aromatic rings. The average molecular weight is 417 g/mol. The van der Waals surface area contributed by atoms with Gasteiger partial charge in [0.15, 0.2) is 5.76 Å². The van der Waals surface area contributed by atoms with Crippen LogP contribution in [0.4, 0.5) is 0 Å². The first kappa shape index (κ1) is 19.9. The Morgan fingerprint density at radius 2 is 1.65 bits per heavy atom. The summed E-state index contributed by atoms with van der Waals surface area (Å²) >= 11 is 0. The van der Waals surface area contributed by atoms with Gasteiger partial charge in [0.1, 0.15) is 11.5 Å². The van der Waals surface area contributed by atoms with Gasteiger partial charge in [-0.3, -0.25) is 0 Å². The zero-order valence-corrected chi connectivity index (χ0v) is 18.0. The highest BCUT2D eigenvalue weighted by Gasteiger charge is 2.20. The lowest BCUT2D eigenvalue weighted by Crippen LogP contribution is -2.22. The Kier molecular flexibility index (Phi) is 5.76. The highest BCUT2D eigenvalue weighted by molar-refractivity contribution is 5.66. The van der Waals surface area contributed by atoms with Crippen LogP contribution in [0.2, 0.25) is 0 Å². The van der Waals surface area contributed by atoms with Crippen molar-refractivity contribution < 1.29 is 13.9 Å². The molecular formula is C26H28N2O3. The Hall–Kier alpha value is -3.05. The number of oxazole rings is 1. The van der Waals surface area contributed by atoms with Crippen LogP contribution in [0.25, 0.3) is 17.2 Å². The van der Waals surface area contributed by atoms with E-state index in [1.165, 1.54) is 31.5 Å². The molecule has 5 heteroatoms. The largest absolute Gasteiger partial charge is 0.458 e. The van der Waals surface area contributed by atoms with E-state index in [0.29, 0.717) is 5.89 Å². The van der Waals surface area contributed by atoms with Gasteiger partial charge in [-0.1, -0.05) is 42.5 Å². The fraction of sp³-hybridized carbons (Fsp3) is 0.346. The highest BCUT2D eigenvalue weighted by atomic mass is 16.7. The Balaban J connectivity index is 1.30. The van der Waals surface area contributed by atoms with Crippen molar-refractivity contribution in [2.75, 3.05) is 26.4 Å². The van der Waals surface area contributed by atoms with Crippen LogP contribution in [0, 0.1) is 6.92 Å². The van der Waals surface area contributed by atoms with E-state index in [4.69, 9.17) is 18.9 Å². The van der Waals surface area contributed by atoms with Crippen LogP contribution in [-0.2, 0) is 22.3 Å². The molecule has 5 rings (SSSR count). The lowest BCUT2D eigenvalue weighted by Gasteiger charge is -2.12. The summed E-state index contributed by atoms with van der Waals surface area (Å²) in [5.41, 5.74) is 4.24. The summed E-state index contributed by atoms with van der Waals surface area (Å²) in [5, 5.41) is 0. The van der Waals surface area contributed by atoms with Crippen LogP contribution < -0.4 is 0 Å². The molecule has 3 heterocycles. The van der Waals surface area contributed by atoms with E-state index in [2.05, 4.69) is 17.0 Å². The number of hydrogen-bond donors (Lipinski definition) is 0. The number of hydrogen-bond acceptors (Lipinski definition) is 5. The lowest BCUT2D eigenvalue weighted by molar-refractivity contribution is 0.0857. The Morgan fingerprint density at radius 1 is 0.903 bits per heavy atom. The van der Waals surface area contributed by atoms with Crippen LogP contribution in [0.15, 0.2) is 64.8 Å². The minimum absolute atomic E-state index is 0.262. The topological polar surface area (TPSA) is 47.7 Å². The van der Waals surface area contributed by atoms with Gasteiger partial charge in [0.25, 0.3) is 0 Å². The second kappa shape index (κ2) is 8.98. The molecule has 0 aliphatic carbocycles. The van der Waals surface area contributed by atoms with Crippen molar-refractivity contribution in [3.05, 3.63) is 82.9 Å². The minimum Gasteiger partial charge on any atom is -0.458 e. The predicted molar refractivity (Wildman–Crippen MR) is 120 cm³/mol. The van der Waals surface area contributed by atoms with Crippen molar-refractivity contribution in [2.45, 2.75) is 32.6 Å². The molecule has 31 heavy (non-hydrogen) atoms. The first-order valence-corrected chi connectivity index (χ1v) is 11.1. The minimum atomic E-state index is 0.262. The van der Waals surface area contributed by atoms with Crippen LogP contribution in [-0.4, -0.2) is 36.3 Å². The maximum absolute atomic E-state index is 5.98. The number of ether oxygens (including phenoxy) is 2. The zero-order valence-electron chi connectivity index (χ0n) is 18.0. The summed E-state index contributed by atoms with van der Waals surface area (Å²) in [5.74, 6) is 3.28. The molecule has 2 aliphatic heterocycles. The van der Waals surface area contributed by atoms with Gasteiger partial charge in [-0.05, 0) is 50.6 Å². The maximum atomic E-state index is 5.98. The third-order valence-electron chi connectivity index (χ3n) is 6.05. The number of likely N-dealkylation sites (tertiary alicyclic amines) is 1. The second-order valence-corrected chi connectivity index (χ2v) is 8.22. The number of aromatic nitrogens is 1. The third kappa shape index (κ3) is 4.52. The first-order chi connectivity index (χ1) is 15.3. The average Bonchev–Trinajstić information content (AvgIpc) is 3.55. The first-order valence-electron chi connectivity index (χ1n) is 11.1. The van der Waals surface area contributed by atoms with Gasteiger partial charge < -0.3 is 18.8 Å². The van der Waals surface area contributed by atoms with Crippen molar-refractivity contribution in [3.8, 4) is 11.5 Å². The fourth-order valence-electron chi connectivity index (χ4n) is 4.28. The van der Waals surface area contributed by atoms with E-state index in [1.54, 1.807) is 0 Å². The van der Waals surface area contributed by atoms with E-state index in [9.17, 15) is 0 Å².